The molecule has 0 radical (unpaired) electrons. The van der Waals surface area contributed by atoms with E-state index in [0.717, 1.165) is 77.8 Å². The molecule has 7 rings (SSSR count). The molecule has 1 amide bonds. The van der Waals surface area contributed by atoms with Crippen molar-refractivity contribution in [2.45, 2.75) is 71.4 Å². The van der Waals surface area contributed by atoms with Gasteiger partial charge in [-0.05, 0) is 69.7 Å². The number of aromatic nitrogens is 3. The summed E-state index contributed by atoms with van der Waals surface area (Å²) in [5, 5.41) is 5.94. The quantitative estimate of drug-likeness (QED) is 0.157. The highest BCUT2D eigenvalue weighted by atomic mass is 16.6. The van der Waals surface area contributed by atoms with Gasteiger partial charge in [0.05, 0.1) is 11.7 Å². The van der Waals surface area contributed by atoms with Crippen molar-refractivity contribution in [3.63, 3.8) is 0 Å². The highest BCUT2D eigenvalue weighted by Gasteiger charge is 2.48. The number of para-hydroxylation sites is 1. The third kappa shape index (κ3) is 7.36. The Hall–Kier alpha value is -5.05. The van der Waals surface area contributed by atoms with E-state index in [2.05, 4.69) is 6.07 Å². The summed E-state index contributed by atoms with van der Waals surface area (Å²) in [4.78, 5) is 19.2. The lowest BCUT2D eigenvalue weighted by Gasteiger charge is -2.53. The van der Waals surface area contributed by atoms with E-state index in [9.17, 15) is 4.79 Å². The monoisotopic (exact) mass is 660 g/mol. The second-order valence-corrected chi connectivity index (χ2v) is 14.3. The molecule has 3 aromatic carbocycles. The number of fused-ring (bicyclic) bond motifs is 1. The van der Waals surface area contributed by atoms with Gasteiger partial charge in [-0.25, -0.2) is 4.79 Å². The minimum Gasteiger partial charge on any atom is -0.488 e. The summed E-state index contributed by atoms with van der Waals surface area (Å²) in [5.41, 5.74) is 4.27. The lowest BCUT2D eigenvalue weighted by molar-refractivity contribution is -0.0606. The number of benzene rings is 3. The van der Waals surface area contributed by atoms with Crippen LogP contribution in [0.2, 0.25) is 0 Å². The topological polar surface area (TPSA) is 87.9 Å². The molecule has 1 spiro atoms. The number of hydrogen-bond acceptors (Lipinski definition) is 7. The maximum atomic E-state index is 12.5. The van der Waals surface area contributed by atoms with E-state index in [4.69, 9.17) is 29.0 Å². The molecule has 254 valence electrons. The van der Waals surface area contributed by atoms with E-state index in [-0.39, 0.29) is 17.6 Å². The normalized spacial score (nSPS) is 16.0. The van der Waals surface area contributed by atoms with E-state index >= 15 is 0 Å². The number of hydrogen-bond donors (Lipinski definition) is 0. The van der Waals surface area contributed by atoms with Gasteiger partial charge in [0.25, 0.3) is 0 Å². The van der Waals surface area contributed by atoms with Gasteiger partial charge in [0.15, 0.2) is 0 Å². The van der Waals surface area contributed by atoms with Crippen molar-refractivity contribution in [3.8, 4) is 28.8 Å². The Kier molecular flexibility index (Phi) is 8.92. The van der Waals surface area contributed by atoms with Crippen LogP contribution in [0.15, 0.2) is 91.0 Å². The molecule has 2 fully saturated rings. The Balaban J connectivity index is 1.08. The number of ether oxygens (including phenoxy) is 4. The third-order valence-electron chi connectivity index (χ3n) is 9.36. The van der Waals surface area contributed by atoms with E-state index in [0.29, 0.717) is 25.0 Å². The van der Waals surface area contributed by atoms with Crippen LogP contribution in [-0.4, -0.2) is 50.6 Å². The smallest absolute Gasteiger partial charge is 0.410 e. The summed E-state index contributed by atoms with van der Waals surface area (Å²) in [5.74, 6) is 1.75. The van der Waals surface area contributed by atoms with Gasteiger partial charge >= 0.3 is 6.09 Å². The van der Waals surface area contributed by atoms with Gasteiger partial charge in [0.2, 0.25) is 11.8 Å². The summed E-state index contributed by atoms with van der Waals surface area (Å²) >= 11 is 0. The molecule has 3 heterocycles. The van der Waals surface area contributed by atoms with Gasteiger partial charge in [-0.2, -0.15) is 10.1 Å². The SMILES string of the molecule is Cn1nc(-c2ccc(OCc3ccccc3)nc2OCc2ccccc2)c2cccc(OC3CCC4(CC3)CN(C(=O)OC(C)(C)C)C4)c21. The molecule has 0 unspecified atom stereocenters. The molecule has 1 aliphatic carbocycles. The van der Waals surface area contributed by atoms with Crippen LogP contribution in [0.5, 0.6) is 17.5 Å². The van der Waals surface area contributed by atoms with E-state index in [1.165, 1.54) is 0 Å². The number of amides is 1. The Bertz CT molecular complexity index is 1900. The van der Waals surface area contributed by atoms with E-state index in [1.54, 1.807) is 0 Å². The average Bonchev–Trinajstić information content (AvgIpc) is 3.42. The van der Waals surface area contributed by atoms with Crippen LogP contribution < -0.4 is 14.2 Å². The molecule has 5 aromatic rings. The minimum absolute atomic E-state index is 0.0950. The summed E-state index contributed by atoms with van der Waals surface area (Å²) in [6.07, 6.45) is 3.81. The van der Waals surface area contributed by atoms with Crippen molar-refractivity contribution < 1.29 is 23.7 Å². The van der Waals surface area contributed by atoms with Crippen LogP contribution in [0.25, 0.3) is 22.2 Å². The fourth-order valence-corrected chi connectivity index (χ4v) is 6.88. The maximum absolute atomic E-state index is 12.5. The zero-order valence-corrected chi connectivity index (χ0v) is 28.7. The Morgan fingerprint density at radius 1 is 0.837 bits per heavy atom. The lowest BCUT2D eigenvalue weighted by atomic mass is 9.68. The average molecular weight is 661 g/mol. The molecule has 2 aliphatic rings. The molecule has 0 atom stereocenters. The number of carbonyl (C=O) groups excluding carboxylic acids is 1. The molecule has 9 heteroatoms. The van der Waals surface area contributed by atoms with E-state index in [1.807, 2.05) is 122 Å². The van der Waals surface area contributed by atoms with Crippen molar-refractivity contribution in [1.82, 2.24) is 19.7 Å². The zero-order chi connectivity index (χ0) is 34.0. The van der Waals surface area contributed by atoms with Crippen LogP contribution in [0, 0.1) is 5.41 Å². The predicted octanol–water partition coefficient (Wildman–Crippen LogP) is 8.35. The van der Waals surface area contributed by atoms with Gasteiger partial charge in [0.1, 0.15) is 35.8 Å². The molecular weight excluding hydrogens is 616 g/mol. The van der Waals surface area contributed by atoms with Gasteiger partial charge in [-0.3, -0.25) is 4.68 Å². The summed E-state index contributed by atoms with van der Waals surface area (Å²) in [6, 6.07) is 30.0. The number of rotatable bonds is 9. The predicted molar refractivity (Wildman–Crippen MR) is 189 cm³/mol. The largest absolute Gasteiger partial charge is 0.488 e. The maximum Gasteiger partial charge on any atom is 0.410 e. The number of nitrogens with zero attached hydrogens (tertiary/aromatic N) is 4. The summed E-state index contributed by atoms with van der Waals surface area (Å²) in [6.45, 7) is 8.00. The van der Waals surface area contributed by atoms with Gasteiger partial charge in [0, 0.05) is 37.0 Å². The van der Waals surface area contributed by atoms with Gasteiger partial charge in [-0.1, -0.05) is 72.8 Å². The highest BCUT2D eigenvalue weighted by Crippen LogP contribution is 2.46. The first kappa shape index (κ1) is 32.5. The standard InChI is InChI=1S/C40H44N4O5/c1-39(2,3)49-38(45)44-26-40(27-44)22-20-30(21-23-40)48-33-17-11-16-31-35(42-43(4)36(31)33)32-18-19-34(46-24-28-12-7-5-8-13-28)41-37(32)47-25-29-14-9-6-10-15-29/h5-19,30H,20-27H2,1-4H3. The fourth-order valence-electron chi connectivity index (χ4n) is 6.88. The van der Waals surface area contributed by atoms with Crippen molar-refractivity contribution in [1.29, 1.82) is 0 Å². The molecular formula is C40H44N4O5. The van der Waals surface area contributed by atoms with Crippen LogP contribution >= 0.6 is 0 Å². The van der Waals surface area contributed by atoms with Crippen LogP contribution in [0.4, 0.5) is 4.79 Å². The molecule has 9 nitrogen and oxygen atoms in total. The summed E-state index contributed by atoms with van der Waals surface area (Å²) < 4.78 is 26.6. The Morgan fingerprint density at radius 3 is 2.14 bits per heavy atom. The van der Waals surface area contributed by atoms with Crippen molar-refractivity contribution in [3.05, 3.63) is 102 Å². The molecule has 1 saturated carbocycles. The van der Waals surface area contributed by atoms with Crippen molar-refractivity contribution >= 4 is 17.0 Å². The number of aryl methyl sites for hydroxylation is 1. The van der Waals surface area contributed by atoms with Crippen LogP contribution in [0.1, 0.15) is 57.6 Å². The van der Waals surface area contributed by atoms with Crippen molar-refractivity contribution in [2.24, 2.45) is 12.5 Å². The van der Waals surface area contributed by atoms with Gasteiger partial charge in [-0.15, -0.1) is 0 Å². The number of pyridine rings is 1. The fraction of sp³-hybridized carbons (Fsp3) is 0.375. The second-order valence-electron chi connectivity index (χ2n) is 14.3. The zero-order valence-electron chi connectivity index (χ0n) is 28.7. The third-order valence-corrected chi connectivity index (χ3v) is 9.36. The van der Waals surface area contributed by atoms with Crippen molar-refractivity contribution in [2.75, 3.05) is 13.1 Å². The first-order chi connectivity index (χ1) is 23.6. The highest BCUT2D eigenvalue weighted by molar-refractivity contribution is 5.97. The number of carbonyl (C=O) groups is 1. The van der Waals surface area contributed by atoms with Gasteiger partial charge < -0.3 is 23.8 Å². The van der Waals surface area contributed by atoms with Crippen LogP contribution in [-0.2, 0) is 25.0 Å². The first-order valence-electron chi connectivity index (χ1n) is 17.1. The summed E-state index contributed by atoms with van der Waals surface area (Å²) in [7, 11) is 1.95. The number of likely N-dealkylation sites (tertiary alicyclic amines) is 1. The molecule has 1 aliphatic heterocycles. The second kappa shape index (κ2) is 13.5. The molecule has 0 bridgehead atoms. The minimum atomic E-state index is -0.480. The molecule has 0 N–H and O–H groups in total. The molecule has 49 heavy (non-hydrogen) atoms. The van der Waals surface area contributed by atoms with Crippen LogP contribution in [0.3, 0.4) is 0 Å². The molecule has 1 saturated heterocycles. The van der Waals surface area contributed by atoms with E-state index < -0.39 is 5.60 Å². The first-order valence-corrected chi connectivity index (χ1v) is 17.1. The molecule has 2 aromatic heterocycles. The Morgan fingerprint density at radius 2 is 1.49 bits per heavy atom. The Labute approximate surface area is 287 Å². The lowest BCUT2D eigenvalue weighted by Crippen LogP contribution is -2.60.